The molecule has 1 aromatic rings. The first-order valence-electron chi connectivity index (χ1n) is 5.20. The summed E-state index contributed by atoms with van der Waals surface area (Å²) in [4.78, 5) is 0.162. The number of benzene rings is 1. The number of aliphatic hydroxyl groups is 1. The van der Waals surface area contributed by atoms with Crippen LogP contribution in [0.5, 0.6) is 0 Å². The zero-order chi connectivity index (χ0) is 13.2. The normalized spacial score (nSPS) is 12.1. The highest BCUT2D eigenvalue weighted by Gasteiger charge is 2.20. The monoisotopic (exact) mass is 321 g/mol. The van der Waals surface area contributed by atoms with E-state index in [4.69, 9.17) is 5.11 Å². The zero-order valence-electron chi connectivity index (χ0n) is 9.99. The van der Waals surface area contributed by atoms with Crippen molar-refractivity contribution in [1.29, 1.82) is 0 Å². The summed E-state index contributed by atoms with van der Waals surface area (Å²) in [5.74, 6) is 0. The second-order valence-corrected chi connectivity index (χ2v) is 6.63. The van der Waals surface area contributed by atoms with Crippen LogP contribution in [-0.4, -0.2) is 19.6 Å². The van der Waals surface area contributed by atoms with Gasteiger partial charge in [0.05, 0.1) is 11.5 Å². The van der Waals surface area contributed by atoms with Gasteiger partial charge >= 0.3 is 0 Å². The summed E-state index contributed by atoms with van der Waals surface area (Å²) in [6.07, 6.45) is 0. The lowest BCUT2D eigenvalue weighted by molar-refractivity contribution is 0.281. The summed E-state index contributed by atoms with van der Waals surface area (Å²) < 4.78 is 27.2. The summed E-state index contributed by atoms with van der Waals surface area (Å²) in [7, 11) is -3.55. The maximum Gasteiger partial charge on any atom is 0.241 e. The Labute approximate surface area is 110 Å². The van der Waals surface area contributed by atoms with Gasteiger partial charge in [-0.2, -0.15) is 0 Å². The molecule has 4 nitrogen and oxygen atoms in total. The van der Waals surface area contributed by atoms with Gasteiger partial charge in [0.15, 0.2) is 0 Å². The van der Waals surface area contributed by atoms with E-state index in [-0.39, 0.29) is 17.5 Å². The van der Waals surface area contributed by atoms with Crippen molar-refractivity contribution in [3.8, 4) is 0 Å². The summed E-state index contributed by atoms with van der Waals surface area (Å²) in [6.45, 7) is 5.12. The summed E-state index contributed by atoms with van der Waals surface area (Å²) >= 11 is 3.27. The lowest BCUT2D eigenvalue weighted by atomic mass is 10.1. The minimum Gasteiger partial charge on any atom is -0.392 e. The maximum absolute atomic E-state index is 12.1. The third-order valence-corrected chi connectivity index (χ3v) is 5.14. The Morgan fingerprint density at radius 1 is 1.41 bits per heavy atom. The van der Waals surface area contributed by atoms with Gasteiger partial charge in [-0.05, 0) is 53.9 Å². The predicted molar refractivity (Wildman–Crippen MR) is 70.3 cm³/mol. The van der Waals surface area contributed by atoms with Gasteiger partial charge in [0.2, 0.25) is 10.0 Å². The van der Waals surface area contributed by atoms with Crippen molar-refractivity contribution in [1.82, 2.24) is 4.72 Å². The number of hydrogen-bond donors (Lipinski definition) is 2. The van der Waals surface area contributed by atoms with E-state index in [0.29, 0.717) is 10.0 Å². The average molecular weight is 322 g/mol. The lowest BCUT2D eigenvalue weighted by Gasteiger charge is -2.13. The van der Waals surface area contributed by atoms with Crippen molar-refractivity contribution < 1.29 is 13.5 Å². The molecule has 1 aromatic carbocycles. The third-order valence-electron chi connectivity index (χ3n) is 2.14. The van der Waals surface area contributed by atoms with Crippen LogP contribution in [0.25, 0.3) is 0 Å². The standard InChI is InChI=1S/C11H16BrNO3S/c1-7(2)13-17(15,16)10-5-9(6-14)4-8(3)11(10)12/h4-5,7,13-14H,6H2,1-3H3. The van der Waals surface area contributed by atoms with Gasteiger partial charge in [0, 0.05) is 10.5 Å². The molecule has 0 aliphatic carbocycles. The van der Waals surface area contributed by atoms with E-state index in [9.17, 15) is 8.42 Å². The van der Waals surface area contributed by atoms with Gasteiger partial charge in [-0.25, -0.2) is 13.1 Å². The van der Waals surface area contributed by atoms with Crippen LogP contribution < -0.4 is 4.72 Å². The minimum atomic E-state index is -3.55. The second kappa shape index (κ2) is 5.48. The third kappa shape index (κ3) is 3.51. The van der Waals surface area contributed by atoms with Crippen LogP contribution >= 0.6 is 15.9 Å². The first-order chi connectivity index (χ1) is 7.77. The van der Waals surface area contributed by atoms with Crippen molar-refractivity contribution in [3.05, 3.63) is 27.7 Å². The molecule has 17 heavy (non-hydrogen) atoms. The molecular weight excluding hydrogens is 306 g/mol. The Bertz CT molecular complexity index is 512. The minimum absolute atomic E-state index is 0.162. The number of halogens is 1. The van der Waals surface area contributed by atoms with Crippen LogP contribution in [0.15, 0.2) is 21.5 Å². The molecule has 1 rings (SSSR count). The van der Waals surface area contributed by atoms with Gasteiger partial charge < -0.3 is 5.11 Å². The topological polar surface area (TPSA) is 66.4 Å². The molecule has 0 unspecified atom stereocenters. The molecule has 0 fully saturated rings. The number of nitrogens with one attached hydrogen (secondary N) is 1. The van der Waals surface area contributed by atoms with E-state index >= 15 is 0 Å². The average Bonchev–Trinajstić information content (AvgIpc) is 2.19. The van der Waals surface area contributed by atoms with Crippen LogP contribution in [0.4, 0.5) is 0 Å². The van der Waals surface area contributed by atoms with E-state index in [1.165, 1.54) is 6.07 Å². The Morgan fingerprint density at radius 2 is 2.00 bits per heavy atom. The number of rotatable bonds is 4. The molecule has 0 aliphatic rings. The summed E-state index contributed by atoms with van der Waals surface area (Å²) in [5, 5.41) is 9.09. The highest BCUT2D eigenvalue weighted by atomic mass is 79.9. The molecule has 0 heterocycles. The van der Waals surface area contributed by atoms with Crippen LogP contribution in [0.1, 0.15) is 25.0 Å². The number of sulfonamides is 1. The maximum atomic E-state index is 12.1. The quantitative estimate of drug-likeness (QED) is 0.890. The van der Waals surface area contributed by atoms with Crippen molar-refractivity contribution in [2.45, 2.75) is 38.3 Å². The highest BCUT2D eigenvalue weighted by molar-refractivity contribution is 9.10. The van der Waals surface area contributed by atoms with Gasteiger partial charge in [-0.1, -0.05) is 6.07 Å². The molecule has 0 aliphatic heterocycles. The first kappa shape index (κ1) is 14.6. The van der Waals surface area contributed by atoms with E-state index in [1.807, 2.05) is 0 Å². The van der Waals surface area contributed by atoms with Gasteiger partial charge in [0.1, 0.15) is 0 Å². The van der Waals surface area contributed by atoms with Gasteiger partial charge in [-0.15, -0.1) is 0 Å². The molecule has 0 bridgehead atoms. The van der Waals surface area contributed by atoms with Crippen molar-refractivity contribution >= 4 is 26.0 Å². The van der Waals surface area contributed by atoms with E-state index in [1.54, 1.807) is 26.8 Å². The van der Waals surface area contributed by atoms with Crippen LogP contribution in [0.2, 0.25) is 0 Å². The Hall–Kier alpha value is -0.430. The van der Waals surface area contributed by atoms with Gasteiger partial charge in [0.25, 0.3) is 0 Å². The largest absolute Gasteiger partial charge is 0.392 e. The van der Waals surface area contributed by atoms with Crippen molar-refractivity contribution in [2.24, 2.45) is 0 Å². The van der Waals surface area contributed by atoms with E-state index in [0.717, 1.165) is 5.56 Å². The van der Waals surface area contributed by atoms with Crippen LogP contribution in [0.3, 0.4) is 0 Å². The van der Waals surface area contributed by atoms with E-state index in [2.05, 4.69) is 20.7 Å². The molecule has 0 radical (unpaired) electrons. The summed E-state index contributed by atoms with van der Waals surface area (Å²) in [5.41, 5.74) is 1.36. The smallest absolute Gasteiger partial charge is 0.241 e. The first-order valence-corrected chi connectivity index (χ1v) is 7.47. The molecule has 0 amide bonds. The number of aryl methyl sites for hydroxylation is 1. The Balaban J connectivity index is 3.35. The Morgan fingerprint density at radius 3 is 2.47 bits per heavy atom. The Kier molecular flexibility index (Phi) is 4.71. The van der Waals surface area contributed by atoms with Crippen LogP contribution in [0, 0.1) is 6.92 Å². The zero-order valence-corrected chi connectivity index (χ0v) is 12.4. The van der Waals surface area contributed by atoms with Crippen molar-refractivity contribution in [3.63, 3.8) is 0 Å². The molecule has 2 N–H and O–H groups in total. The molecule has 96 valence electrons. The molecule has 6 heteroatoms. The number of aliphatic hydroxyl groups excluding tert-OH is 1. The van der Waals surface area contributed by atoms with Crippen LogP contribution in [-0.2, 0) is 16.6 Å². The second-order valence-electron chi connectivity index (χ2n) is 4.16. The molecule has 0 spiro atoms. The SMILES string of the molecule is Cc1cc(CO)cc(S(=O)(=O)NC(C)C)c1Br. The van der Waals surface area contributed by atoms with E-state index < -0.39 is 10.0 Å². The fraction of sp³-hybridized carbons (Fsp3) is 0.455. The fourth-order valence-electron chi connectivity index (χ4n) is 1.47. The summed E-state index contributed by atoms with van der Waals surface area (Å²) in [6, 6.07) is 3.05. The fourth-order valence-corrected chi connectivity index (χ4v) is 3.79. The number of hydrogen-bond acceptors (Lipinski definition) is 3. The molecule has 0 saturated carbocycles. The molecule has 0 aromatic heterocycles. The predicted octanol–water partition coefficient (Wildman–Crippen LogP) is 1.94. The lowest BCUT2D eigenvalue weighted by Crippen LogP contribution is -2.30. The highest BCUT2D eigenvalue weighted by Crippen LogP contribution is 2.27. The molecule has 0 atom stereocenters. The molecule has 0 saturated heterocycles. The van der Waals surface area contributed by atoms with Crippen molar-refractivity contribution in [2.75, 3.05) is 0 Å². The van der Waals surface area contributed by atoms with Gasteiger partial charge in [-0.3, -0.25) is 0 Å². The molecular formula is C11H16BrNO3S.